The van der Waals surface area contributed by atoms with Gasteiger partial charge in [-0.1, -0.05) is 6.07 Å². The van der Waals surface area contributed by atoms with Gasteiger partial charge in [0.25, 0.3) is 5.91 Å². The molecule has 0 atom stereocenters. The molecular weight excluding hydrogens is 322 g/mol. The summed E-state index contributed by atoms with van der Waals surface area (Å²) in [6, 6.07) is 12.0. The summed E-state index contributed by atoms with van der Waals surface area (Å²) in [5.74, 6) is 0.0874. The zero-order valence-corrected chi connectivity index (χ0v) is 13.8. The number of hydrogen-bond acceptors (Lipinski definition) is 5. The molecule has 25 heavy (non-hydrogen) atoms. The Morgan fingerprint density at radius 2 is 2.00 bits per heavy atom. The highest BCUT2D eigenvalue weighted by atomic mass is 16.5. The maximum Gasteiger partial charge on any atom is 0.302 e. The average molecular weight is 339 g/mol. The Morgan fingerprint density at radius 3 is 2.76 bits per heavy atom. The van der Waals surface area contributed by atoms with E-state index in [1.807, 2.05) is 6.92 Å². The molecule has 0 unspecified atom stereocenters. The first-order valence-corrected chi connectivity index (χ1v) is 7.77. The molecule has 0 fully saturated rings. The molecule has 7 nitrogen and oxygen atoms in total. The molecule has 3 rings (SSSR count). The topological polar surface area (TPSA) is 93.5 Å². The van der Waals surface area contributed by atoms with Crippen LogP contribution in [0.5, 0.6) is 5.75 Å². The predicted molar refractivity (Wildman–Crippen MR) is 93.9 cm³/mol. The summed E-state index contributed by atoms with van der Waals surface area (Å²) < 4.78 is 10.9. The van der Waals surface area contributed by atoms with Crippen LogP contribution in [-0.4, -0.2) is 23.4 Å². The van der Waals surface area contributed by atoms with Gasteiger partial charge in [0.05, 0.1) is 6.61 Å². The molecular formula is C18H17N3O4. The van der Waals surface area contributed by atoms with Crippen LogP contribution in [0.25, 0.3) is 11.1 Å². The van der Waals surface area contributed by atoms with Crippen LogP contribution in [0.4, 0.5) is 11.7 Å². The zero-order chi connectivity index (χ0) is 17.8. The lowest BCUT2D eigenvalue weighted by Gasteiger charge is -2.05. The summed E-state index contributed by atoms with van der Waals surface area (Å²) in [6.45, 7) is 3.82. The van der Waals surface area contributed by atoms with Crippen LogP contribution in [0.3, 0.4) is 0 Å². The van der Waals surface area contributed by atoms with E-state index in [1.165, 1.54) is 6.92 Å². The molecule has 7 heteroatoms. The lowest BCUT2D eigenvalue weighted by molar-refractivity contribution is -0.114. The van der Waals surface area contributed by atoms with E-state index in [4.69, 9.17) is 9.15 Å². The normalized spacial score (nSPS) is 10.5. The molecule has 1 aromatic heterocycles. The number of rotatable bonds is 5. The van der Waals surface area contributed by atoms with E-state index in [0.29, 0.717) is 34.7 Å². The molecule has 0 aliphatic heterocycles. The lowest BCUT2D eigenvalue weighted by Crippen LogP contribution is -2.12. The largest absolute Gasteiger partial charge is 0.494 e. The summed E-state index contributed by atoms with van der Waals surface area (Å²) in [5, 5.41) is 5.28. The zero-order valence-electron chi connectivity index (χ0n) is 13.8. The van der Waals surface area contributed by atoms with Gasteiger partial charge in [-0.15, -0.1) is 0 Å². The van der Waals surface area contributed by atoms with Crippen molar-refractivity contribution < 1.29 is 18.7 Å². The lowest BCUT2D eigenvalue weighted by atomic mass is 10.2. The molecule has 2 aromatic carbocycles. The Balaban J connectivity index is 1.79. The fraction of sp³-hybridized carbons (Fsp3) is 0.167. The van der Waals surface area contributed by atoms with Gasteiger partial charge in [0.1, 0.15) is 11.3 Å². The van der Waals surface area contributed by atoms with Crippen LogP contribution in [0.1, 0.15) is 24.2 Å². The molecule has 0 saturated heterocycles. The molecule has 2 N–H and O–H groups in total. The van der Waals surface area contributed by atoms with Gasteiger partial charge in [0.15, 0.2) is 5.58 Å². The molecule has 0 spiro atoms. The second-order valence-corrected chi connectivity index (χ2v) is 5.30. The van der Waals surface area contributed by atoms with Gasteiger partial charge in [-0.05, 0) is 37.3 Å². The van der Waals surface area contributed by atoms with Crippen molar-refractivity contribution in [1.82, 2.24) is 4.98 Å². The van der Waals surface area contributed by atoms with Crippen LogP contribution in [-0.2, 0) is 4.79 Å². The van der Waals surface area contributed by atoms with Crippen molar-refractivity contribution >= 4 is 34.6 Å². The van der Waals surface area contributed by atoms with Gasteiger partial charge in [-0.3, -0.25) is 14.9 Å². The minimum absolute atomic E-state index is 0.0850. The van der Waals surface area contributed by atoms with E-state index in [2.05, 4.69) is 15.6 Å². The Morgan fingerprint density at radius 1 is 1.16 bits per heavy atom. The number of carbonyl (C=O) groups excluding carboxylic acids is 2. The summed E-state index contributed by atoms with van der Waals surface area (Å²) in [5.41, 5.74) is 2.07. The minimum atomic E-state index is -0.352. The van der Waals surface area contributed by atoms with Crippen molar-refractivity contribution in [1.29, 1.82) is 0 Å². The van der Waals surface area contributed by atoms with Crippen LogP contribution in [0.15, 0.2) is 46.9 Å². The predicted octanol–water partition coefficient (Wildman–Crippen LogP) is 3.44. The SMILES string of the molecule is CCOc1cccc(C(=O)Nc2nc3ccc(NC(C)=O)cc3o2)c1. The van der Waals surface area contributed by atoms with E-state index in [-0.39, 0.29) is 17.8 Å². The number of oxazole rings is 1. The van der Waals surface area contributed by atoms with Gasteiger partial charge in [-0.25, -0.2) is 0 Å². The van der Waals surface area contributed by atoms with Crippen LogP contribution in [0.2, 0.25) is 0 Å². The van der Waals surface area contributed by atoms with Crippen molar-refractivity contribution in [2.24, 2.45) is 0 Å². The van der Waals surface area contributed by atoms with Gasteiger partial charge < -0.3 is 14.5 Å². The minimum Gasteiger partial charge on any atom is -0.494 e. The van der Waals surface area contributed by atoms with Crippen molar-refractivity contribution in [2.75, 3.05) is 17.2 Å². The van der Waals surface area contributed by atoms with Crippen molar-refractivity contribution in [3.05, 3.63) is 48.0 Å². The quantitative estimate of drug-likeness (QED) is 0.743. The Bertz CT molecular complexity index is 933. The van der Waals surface area contributed by atoms with Crippen LogP contribution >= 0.6 is 0 Å². The van der Waals surface area contributed by atoms with Gasteiger partial charge in [0.2, 0.25) is 5.91 Å². The molecule has 1 heterocycles. The number of ether oxygens (including phenoxy) is 1. The summed E-state index contributed by atoms with van der Waals surface area (Å²) >= 11 is 0. The fourth-order valence-corrected chi connectivity index (χ4v) is 2.32. The number of fused-ring (bicyclic) bond motifs is 1. The van der Waals surface area contributed by atoms with Crippen molar-refractivity contribution in [3.63, 3.8) is 0 Å². The second-order valence-electron chi connectivity index (χ2n) is 5.30. The third kappa shape index (κ3) is 3.95. The van der Waals surface area contributed by atoms with E-state index < -0.39 is 0 Å². The third-order valence-electron chi connectivity index (χ3n) is 3.34. The summed E-state index contributed by atoms with van der Waals surface area (Å²) in [7, 11) is 0. The highest BCUT2D eigenvalue weighted by molar-refractivity contribution is 6.03. The van der Waals surface area contributed by atoms with E-state index in [0.717, 1.165) is 0 Å². The Kier molecular flexibility index (Phi) is 4.65. The maximum absolute atomic E-state index is 12.3. The number of anilines is 2. The summed E-state index contributed by atoms with van der Waals surface area (Å²) in [4.78, 5) is 27.7. The first kappa shape index (κ1) is 16.5. The monoisotopic (exact) mass is 339 g/mol. The number of aromatic nitrogens is 1. The smallest absolute Gasteiger partial charge is 0.302 e. The molecule has 2 amide bonds. The average Bonchev–Trinajstić information content (AvgIpc) is 2.96. The summed E-state index contributed by atoms with van der Waals surface area (Å²) in [6.07, 6.45) is 0. The van der Waals surface area contributed by atoms with Crippen molar-refractivity contribution in [3.8, 4) is 5.75 Å². The number of benzene rings is 2. The Labute approximate surface area is 144 Å². The molecule has 0 radical (unpaired) electrons. The maximum atomic E-state index is 12.3. The first-order valence-electron chi connectivity index (χ1n) is 7.77. The van der Waals surface area contributed by atoms with E-state index in [1.54, 1.807) is 42.5 Å². The third-order valence-corrected chi connectivity index (χ3v) is 3.34. The molecule has 0 bridgehead atoms. The number of nitrogens with zero attached hydrogens (tertiary/aromatic N) is 1. The molecule has 0 aliphatic carbocycles. The van der Waals surface area contributed by atoms with Crippen LogP contribution in [0, 0.1) is 0 Å². The number of hydrogen-bond donors (Lipinski definition) is 2. The van der Waals surface area contributed by atoms with Gasteiger partial charge in [-0.2, -0.15) is 4.98 Å². The Hall–Kier alpha value is -3.35. The molecule has 0 saturated carbocycles. The van der Waals surface area contributed by atoms with Crippen molar-refractivity contribution in [2.45, 2.75) is 13.8 Å². The number of carbonyl (C=O) groups is 2. The first-order chi connectivity index (χ1) is 12.0. The fourth-order valence-electron chi connectivity index (χ4n) is 2.32. The van der Waals surface area contributed by atoms with E-state index >= 15 is 0 Å². The molecule has 3 aromatic rings. The highest BCUT2D eigenvalue weighted by Crippen LogP contribution is 2.23. The standard InChI is InChI=1S/C18H17N3O4/c1-3-24-14-6-4-5-12(9-14)17(23)21-18-20-15-8-7-13(19-11(2)22)10-16(15)25-18/h4-10H,3H2,1-2H3,(H,19,22)(H,20,21,23). The number of nitrogens with one attached hydrogen (secondary N) is 2. The second kappa shape index (κ2) is 7.04. The molecule has 0 aliphatic rings. The van der Waals surface area contributed by atoms with Crippen LogP contribution < -0.4 is 15.4 Å². The van der Waals surface area contributed by atoms with Gasteiger partial charge >= 0.3 is 6.01 Å². The molecule has 128 valence electrons. The van der Waals surface area contributed by atoms with Gasteiger partial charge in [0, 0.05) is 24.2 Å². The number of amides is 2. The van der Waals surface area contributed by atoms with E-state index in [9.17, 15) is 9.59 Å². The highest BCUT2D eigenvalue weighted by Gasteiger charge is 2.12.